The molecule has 1 heterocycles. The van der Waals surface area contributed by atoms with Crippen LogP contribution in [0.1, 0.15) is 0 Å². The maximum Gasteiger partial charge on any atom is 0.244 e. The highest BCUT2D eigenvalue weighted by Gasteiger charge is 2.30. The molecular weight excluding hydrogens is 296 g/mol. The van der Waals surface area contributed by atoms with Crippen molar-refractivity contribution >= 4 is 27.3 Å². The van der Waals surface area contributed by atoms with Crippen molar-refractivity contribution in [2.75, 3.05) is 37.4 Å². The van der Waals surface area contributed by atoms with E-state index >= 15 is 0 Å². The summed E-state index contributed by atoms with van der Waals surface area (Å²) in [5, 5.41) is 7.64. The fraction of sp³-hybridized carbons (Fsp3) is 0.417. The van der Waals surface area contributed by atoms with Gasteiger partial charge < -0.3 is 20.7 Å². The molecule has 0 spiro atoms. The Morgan fingerprint density at radius 1 is 1.48 bits per heavy atom. The number of nitrogens with one attached hydrogen (secondary N) is 1. The first-order chi connectivity index (χ1) is 9.84. The van der Waals surface area contributed by atoms with Gasteiger partial charge in [0.15, 0.2) is 0 Å². The Hall–Kier alpha value is -1.84. The number of likely N-dealkylation sites (N-methyl/N-ethyl adjacent to an activating group) is 1. The zero-order valence-corrected chi connectivity index (χ0v) is 12.4. The number of benzene rings is 1. The maximum absolute atomic E-state index is 11.9. The highest BCUT2D eigenvalue weighted by atomic mass is 32.2. The predicted octanol–water partition coefficient (Wildman–Crippen LogP) is -1.13. The van der Waals surface area contributed by atoms with Crippen molar-refractivity contribution in [2.24, 2.45) is 5.14 Å². The van der Waals surface area contributed by atoms with Crippen LogP contribution in [0.5, 0.6) is 0 Å². The molecule has 0 aliphatic carbocycles. The van der Waals surface area contributed by atoms with Crippen LogP contribution < -0.4 is 21.1 Å². The van der Waals surface area contributed by atoms with Crippen LogP contribution in [0.15, 0.2) is 23.1 Å². The fourth-order valence-electron chi connectivity index (χ4n) is 2.25. The van der Waals surface area contributed by atoms with Crippen molar-refractivity contribution < 1.29 is 17.9 Å². The Morgan fingerprint density at radius 2 is 2.19 bits per heavy atom. The third-order valence-electron chi connectivity index (χ3n) is 3.31. The molecule has 1 aromatic rings. The van der Waals surface area contributed by atoms with E-state index in [0.717, 1.165) is 0 Å². The van der Waals surface area contributed by atoms with Crippen LogP contribution in [0.2, 0.25) is 0 Å². The van der Waals surface area contributed by atoms with Crippen molar-refractivity contribution in [3.8, 4) is 0 Å². The van der Waals surface area contributed by atoms with E-state index in [2.05, 4.69) is 5.32 Å². The molecule has 1 unspecified atom stereocenters. The Labute approximate surface area is 123 Å². The van der Waals surface area contributed by atoms with Crippen molar-refractivity contribution in [1.82, 2.24) is 5.32 Å². The summed E-state index contributed by atoms with van der Waals surface area (Å²) >= 11 is 0. The monoisotopic (exact) mass is 314 g/mol. The zero-order valence-electron chi connectivity index (χ0n) is 11.6. The highest BCUT2D eigenvalue weighted by molar-refractivity contribution is 7.89. The number of nitrogens with two attached hydrogens (primary N) is 2. The first-order valence-electron chi connectivity index (χ1n) is 6.33. The molecule has 1 saturated heterocycles. The average Bonchev–Trinajstić information content (AvgIpc) is 2.45. The Kier molecular flexibility index (Phi) is 4.35. The van der Waals surface area contributed by atoms with Gasteiger partial charge in [-0.3, -0.25) is 4.79 Å². The first kappa shape index (κ1) is 15.5. The number of morpholine rings is 1. The number of anilines is 2. The number of hydrogen-bond acceptors (Lipinski definition) is 6. The summed E-state index contributed by atoms with van der Waals surface area (Å²) in [6.07, 6.45) is 0. The van der Waals surface area contributed by atoms with Gasteiger partial charge in [0.05, 0.1) is 29.5 Å². The smallest absolute Gasteiger partial charge is 0.244 e. The van der Waals surface area contributed by atoms with Gasteiger partial charge in [0.2, 0.25) is 15.9 Å². The van der Waals surface area contributed by atoms with Crippen LogP contribution >= 0.6 is 0 Å². The summed E-state index contributed by atoms with van der Waals surface area (Å²) in [5.41, 5.74) is 6.75. The third kappa shape index (κ3) is 3.26. The Bertz CT molecular complexity index is 647. The van der Waals surface area contributed by atoms with E-state index in [9.17, 15) is 13.2 Å². The van der Waals surface area contributed by atoms with E-state index < -0.39 is 16.1 Å². The molecule has 1 fully saturated rings. The number of hydrogen-bond donors (Lipinski definition) is 3. The van der Waals surface area contributed by atoms with Gasteiger partial charge >= 0.3 is 0 Å². The molecule has 0 saturated carbocycles. The molecule has 0 aromatic heterocycles. The standard InChI is InChI=1S/C12H18N4O4S/c1-15-12(17)11-7-20-5-4-16(11)10-3-2-8(6-9(10)13)21(14,18)19/h2-3,6,11H,4-5,7,13H2,1H3,(H,15,17)(H2,14,18,19). The van der Waals surface area contributed by atoms with Gasteiger partial charge in [0, 0.05) is 13.6 Å². The van der Waals surface area contributed by atoms with Crippen LogP contribution in [-0.2, 0) is 19.6 Å². The molecule has 116 valence electrons. The molecule has 21 heavy (non-hydrogen) atoms. The van der Waals surface area contributed by atoms with Crippen molar-refractivity contribution in [3.05, 3.63) is 18.2 Å². The SMILES string of the molecule is CNC(=O)C1COCCN1c1ccc(S(N)(=O)=O)cc1N. The van der Waals surface area contributed by atoms with E-state index in [0.29, 0.717) is 18.8 Å². The molecule has 1 atom stereocenters. The topological polar surface area (TPSA) is 128 Å². The molecule has 1 aromatic carbocycles. The lowest BCUT2D eigenvalue weighted by Gasteiger charge is -2.36. The van der Waals surface area contributed by atoms with Gasteiger partial charge in [-0.1, -0.05) is 0 Å². The van der Waals surface area contributed by atoms with Crippen molar-refractivity contribution in [3.63, 3.8) is 0 Å². The normalized spacial score (nSPS) is 19.3. The second-order valence-corrected chi connectivity index (χ2v) is 6.23. The molecule has 0 radical (unpaired) electrons. The highest BCUT2D eigenvalue weighted by Crippen LogP contribution is 2.28. The number of nitrogen functional groups attached to an aromatic ring is 1. The zero-order chi connectivity index (χ0) is 15.6. The quantitative estimate of drug-likeness (QED) is 0.606. The summed E-state index contributed by atoms with van der Waals surface area (Å²) in [6, 6.07) is 3.71. The Morgan fingerprint density at radius 3 is 2.76 bits per heavy atom. The van der Waals surface area contributed by atoms with Gasteiger partial charge in [-0.05, 0) is 18.2 Å². The van der Waals surface area contributed by atoms with Crippen LogP contribution in [0.3, 0.4) is 0 Å². The molecule has 8 nitrogen and oxygen atoms in total. The van der Waals surface area contributed by atoms with Gasteiger partial charge in [0.1, 0.15) is 6.04 Å². The van der Waals surface area contributed by atoms with Crippen molar-refractivity contribution in [1.29, 1.82) is 0 Å². The van der Waals surface area contributed by atoms with Gasteiger partial charge in [-0.2, -0.15) is 0 Å². The molecule has 1 aliphatic rings. The van der Waals surface area contributed by atoms with E-state index in [4.69, 9.17) is 15.6 Å². The molecule has 9 heteroatoms. The number of carbonyl (C=O) groups is 1. The minimum atomic E-state index is -3.81. The number of rotatable bonds is 3. The van der Waals surface area contributed by atoms with Crippen LogP contribution in [-0.4, -0.2) is 47.2 Å². The molecular formula is C12H18N4O4S. The largest absolute Gasteiger partial charge is 0.397 e. The molecule has 2 rings (SSSR count). The number of carbonyl (C=O) groups excluding carboxylic acids is 1. The summed E-state index contributed by atoms with van der Waals surface area (Å²) in [4.78, 5) is 13.6. The average molecular weight is 314 g/mol. The van der Waals surface area contributed by atoms with Gasteiger partial charge in [-0.15, -0.1) is 0 Å². The number of primary sulfonamides is 1. The predicted molar refractivity (Wildman–Crippen MR) is 78.2 cm³/mol. The van der Waals surface area contributed by atoms with E-state index in [1.54, 1.807) is 18.0 Å². The lowest BCUT2D eigenvalue weighted by atomic mass is 10.1. The fourth-order valence-corrected chi connectivity index (χ4v) is 2.80. The number of amides is 1. The third-order valence-corrected chi connectivity index (χ3v) is 4.23. The second-order valence-electron chi connectivity index (χ2n) is 4.66. The minimum Gasteiger partial charge on any atom is -0.397 e. The lowest BCUT2D eigenvalue weighted by Crippen LogP contribution is -2.53. The van der Waals surface area contributed by atoms with E-state index in [1.807, 2.05) is 0 Å². The van der Waals surface area contributed by atoms with Crippen molar-refractivity contribution in [2.45, 2.75) is 10.9 Å². The molecule has 1 aliphatic heterocycles. The molecule has 5 N–H and O–H groups in total. The molecule has 1 amide bonds. The number of ether oxygens (including phenoxy) is 1. The Balaban J connectivity index is 2.38. The number of nitrogens with zero attached hydrogens (tertiary/aromatic N) is 1. The van der Waals surface area contributed by atoms with Crippen LogP contribution in [0, 0.1) is 0 Å². The summed E-state index contributed by atoms with van der Waals surface area (Å²) < 4.78 is 27.9. The number of sulfonamides is 1. The summed E-state index contributed by atoms with van der Waals surface area (Å²) in [5.74, 6) is -0.190. The maximum atomic E-state index is 11.9. The van der Waals surface area contributed by atoms with Gasteiger partial charge in [0.25, 0.3) is 0 Å². The first-order valence-corrected chi connectivity index (χ1v) is 7.87. The van der Waals surface area contributed by atoms with Gasteiger partial charge in [-0.25, -0.2) is 13.6 Å². The van der Waals surface area contributed by atoms with E-state index in [1.165, 1.54) is 12.1 Å². The molecule has 0 bridgehead atoms. The summed E-state index contributed by atoms with van der Waals surface area (Å²) in [7, 11) is -2.27. The second kappa shape index (κ2) is 5.88. The van der Waals surface area contributed by atoms with Crippen LogP contribution in [0.4, 0.5) is 11.4 Å². The lowest BCUT2D eigenvalue weighted by molar-refractivity contribution is -0.124. The van der Waals surface area contributed by atoms with Crippen LogP contribution in [0.25, 0.3) is 0 Å². The van der Waals surface area contributed by atoms with E-state index in [-0.39, 0.29) is 23.1 Å². The summed E-state index contributed by atoms with van der Waals surface area (Å²) in [6.45, 7) is 1.19. The minimum absolute atomic E-state index is 0.0616.